The van der Waals surface area contributed by atoms with E-state index in [9.17, 15) is 27.2 Å². The molecular weight excluding hydrogens is 354 g/mol. The molecule has 2 rings (SSSR count). The second-order valence-electron chi connectivity index (χ2n) is 5.40. The number of carbonyl (C=O) groups is 2. The van der Waals surface area contributed by atoms with Crippen molar-refractivity contribution in [2.45, 2.75) is 18.6 Å². The number of hydrogen-bond acceptors (Lipinski definition) is 3. The molecule has 0 saturated carbocycles. The van der Waals surface area contributed by atoms with Crippen LogP contribution in [0.5, 0.6) is 0 Å². The van der Waals surface area contributed by atoms with Gasteiger partial charge < -0.3 is 10.1 Å². The van der Waals surface area contributed by atoms with Gasteiger partial charge >= 0.3 is 12.1 Å². The maximum atomic E-state index is 13.1. The van der Waals surface area contributed by atoms with E-state index in [1.165, 1.54) is 24.3 Å². The molecule has 138 valence electrons. The van der Waals surface area contributed by atoms with Gasteiger partial charge in [-0.15, -0.1) is 0 Å². The molecule has 2 aromatic rings. The van der Waals surface area contributed by atoms with Gasteiger partial charge in [0.25, 0.3) is 5.91 Å². The fraction of sp³-hybridized carbons (Fsp3) is 0.222. The van der Waals surface area contributed by atoms with Crippen molar-refractivity contribution in [3.8, 4) is 0 Å². The van der Waals surface area contributed by atoms with E-state index in [-0.39, 0.29) is 6.42 Å². The maximum Gasteiger partial charge on any atom is 0.417 e. The van der Waals surface area contributed by atoms with E-state index >= 15 is 0 Å². The molecule has 0 aliphatic heterocycles. The quantitative estimate of drug-likeness (QED) is 0.643. The third kappa shape index (κ3) is 4.81. The molecule has 2 aromatic carbocycles. The van der Waals surface area contributed by atoms with E-state index in [1.807, 2.05) is 0 Å². The average Bonchev–Trinajstić information content (AvgIpc) is 2.61. The first kappa shape index (κ1) is 19.4. The summed E-state index contributed by atoms with van der Waals surface area (Å²) in [6.45, 7) is 0. The summed E-state index contributed by atoms with van der Waals surface area (Å²) in [5.41, 5.74) is -1.31. The second kappa shape index (κ2) is 7.99. The fourth-order valence-electron chi connectivity index (χ4n) is 2.36. The molecule has 0 spiro atoms. The Morgan fingerprint density at radius 2 is 1.69 bits per heavy atom. The average molecular weight is 369 g/mol. The second-order valence-corrected chi connectivity index (χ2v) is 5.40. The highest BCUT2D eigenvalue weighted by Crippen LogP contribution is 2.32. The molecule has 0 aliphatic carbocycles. The Morgan fingerprint density at radius 1 is 1.08 bits per heavy atom. The molecule has 0 bridgehead atoms. The highest BCUT2D eigenvalue weighted by atomic mass is 19.4. The fourth-order valence-corrected chi connectivity index (χ4v) is 2.36. The zero-order valence-electron chi connectivity index (χ0n) is 13.6. The van der Waals surface area contributed by atoms with Crippen LogP contribution >= 0.6 is 0 Å². The molecule has 1 amide bonds. The molecule has 0 unspecified atom stereocenters. The van der Waals surface area contributed by atoms with Crippen molar-refractivity contribution in [2.24, 2.45) is 0 Å². The summed E-state index contributed by atoms with van der Waals surface area (Å²) in [5, 5.41) is 2.38. The minimum atomic E-state index is -4.71. The number of rotatable bonds is 5. The predicted octanol–water partition coefficient (Wildman–Crippen LogP) is 3.88. The first-order valence-electron chi connectivity index (χ1n) is 7.51. The van der Waals surface area contributed by atoms with E-state index in [2.05, 4.69) is 10.1 Å². The number of ether oxygens (including phenoxy) is 1. The first-order chi connectivity index (χ1) is 12.2. The Hall–Kier alpha value is -2.90. The van der Waals surface area contributed by atoms with Crippen LogP contribution in [-0.4, -0.2) is 19.0 Å². The highest BCUT2D eigenvalue weighted by Gasteiger charge is 2.35. The van der Waals surface area contributed by atoms with Crippen LogP contribution in [0.1, 0.15) is 33.9 Å². The molecule has 0 fully saturated rings. The van der Waals surface area contributed by atoms with Gasteiger partial charge in [0.1, 0.15) is 5.82 Å². The topological polar surface area (TPSA) is 55.4 Å². The monoisotopic (exact) mass is 369 g/mol. The molecule has 1 N–H and O–H groups in total. The van der Waals surface area contributed by atoms with Crippen LogP contribution < -0.4 is 5.32 Å². The standard InChI is InChI=1S/C18H15F4NO3/c1-26-16(24)10-15(11-6-8-12(19)9-7-11)23-17(25)13-4-2-3-5-14(13)18(20,21)22/h2-9,15H,10H2,1H3,(H,23,25)/t15-/m0/s1. The molecule has 26 heavy (non-hydrogen) atoms. The summed E-state index contributed by atoms with van der Waals surface area (Å²) < 4.78 is 56.9. The van der Waals surface area contributed by atoms with Crippen LogP contribution in [0.15, 0.2) is 48.5 Å². The molecule has 0 radical (unpaired) electrons. The van der Waals surface area contributed by atoms with E-state index in [0.717, 1.165) is 31.4 Å². The van der Waals surface area contributed by atoms with E-state index < -0.39 is 41.0 Å². The van der Waals surface area contributed by atoms with Crippen molar-refractivity contribution in [1.29, 1.82) is 0 Å². The molecule has 0 heterocycles. The molecule has 1 atom stereocenters. The Morgan fingerprint density at radius 3 is 2.27 bits per heavy atom. The van der Waals surface area contributed by atoms with Gasteiger partial charge in [0.15, 0.2) is 0 Å². The van der Waals surface area contributed by atoms with Gasteiger partial charge in [-0.2, -0.15) is 13.2 Å². The number of nitrogens with one attached hydrogen (secondary N) is 1. The number of alkyl halides is 3. The SMILES string of the molecule is COC(=O)C[C@H](NC(=O)c1ccccc1C(F)(F)F)c1ccc(F)cc1. The minimum Gasteiger partial charge on any atom is -0.469 e. The highest BCUT2D eigenvalue weighted by molar-refractivity contribution is 5.96. The van der Waals surface area contributed by atoms with Crippen molar-refractivity contribution in [2.75, 3.05) is 7.11 Å². The number of benzene rings is 2. The van der Waals surface area contributed by atoms with Gasteiger partial charge in [-0.25, -0.2) is 4.39 Å². The summed E-state index contributed by atoms with van der Waals surface area (Å²) in [5.74, 6) is -2.21. The van der Waals surface area contributed by atoms with Crippen LogP contribution in [0.25, 0.3) is 0 Å². The van der Waals surface area contributed by atoms with E-state index in [0.29, 0.717) is 5.56 Å². The largest absolute Gasteiger partial charge is 0.469 e. The van der Waals surface area contributed by atoms with Crippen molar-refractivity contribution < 1.29 is 31.9 Å². The summed E-state index contributed by atoms with van der Waals surface area (Å²) in [6, 6.07) is 8.24. The van der Waals surface area contributed by atoms with Gasteiger partial charge in [0.05, 0.1) is 30.7 Å². The van der Waals surface area contributed by atoms with Crippen LogP contribution in [-0.2, 0) is 15.7 Å². The van der Waals surface area contributed by atoms with Crippen LogP contribution in [0.3, 0.4) is 0 Å². The van der Waals surface area contributed by atoms with Crippen molar-refractivity contribution in [1.82, 2.24) is 5.32 Å². The Labute approximate surface area is 146 Å². The van der Waals surface area contributed by atoms with Crippen LogP contribution in [0.2, 0.25) is 0 Å². The van der Waals surface area contributed by atoms with Crippen molar-refractivity contribution in [3.63, 3.8) is 0 Å². The normalized spacial score (nSPS) is 12.3. The minimum absolute atomic E-state index is 0.317. The van der Waals surface area contributed by atoms with E-state index in [1.54, 1.807) is 0 Å². The molecule has 8 heteroatoms. The summed E-state index contributed by atoms with van der Waals surface area (Å²) >= 11 is 0. The van der Waals surface area contributed by atoms with Gasteiger partial charge in [-0.1, -0.05) is 24.3 Å². The maximum absolute atomic E-state index is 13.1. The lowest BCUT2D eigenvalue weighted by atomic mass is 10.0. The third-order valence-corrected chi connectivity index (χ3v) is 3.65. The molecule has 0 aromatic heterocycles. The number of carbonyl (C=O) groups excluding carboxylic acids is 2. The Bertz CT molecular complexity index is 788. The summed E-state index contributed by atoms with van der Waals surface area (Å²) in [7, 11) is 1.14. The Kier molecular flexibility index (Phi) is 5.97. The van der Waals surface area contributed by atoms with Gasteiger partial charge in [0, 0.05) is 0 Å². The number of hydrogen-bond donors (Lipinski definition) is 1. The summed E-state index contributed by atoms with van der Waals surface area (Å²) in [4.78, 5) is 24.0. The molecular formula is C18H15F4NO3. The first-order valence-corrected chi connectivity index (χ1v) is 7.51. The predicted molar refractivity (Wildman–Crippen MR) is 84.7 cm³/mol. The lowest BCUT2D eigenvalue weighted by Crippen LogP contribution is -2.32. The smallest absolute Gasteiger partial charge is 0.417 e. The lowest BCUT2D eigenvalue weighted by molar-refractivity contribution is -0.141. The Balaban J connectivity index is 2.32. The number of methoxy groups -OCH3 is 1. The zero-order valence-corrected chi connectivity index (χ0v) is 13.6. The van der Waals surface area contributed by atoms with E-state index in [4.69, 9.17) is 0 Å². The van der Waals surface area contributed by atoms with Crippen molar-refractivity contribution in [3.05, 3.63) is 71.0 Å². The number of esters is 1. The van der Waals surface area contributed by atoms with Gasteiger partial charge in [-0.05, 0) is 29.8 Å². The van der Waals surface area contributed by atoms with Crippen LogP contribution in [0.4, 0.5) is 17.6 Å². The molecule has 0 saturated heterocycles. The summed E-state index contributed by atoms with van der Waals surface area (Å²) in [6.07, 6.45) is -5.02. The molecule has 4 nitrogen and oxygen atoms in total. The van der Waals surface area contributed by atoms with Gasteiger partial charge in [0.2, 0.25) is 0 Å². The number of amides is 1. The molecule has 0 aliphatic rings. The lowest BCUT2D eigenvalue weighted by Gasteiger charge is -2.20. The van der Waals surface area contributed by atoms with Gasteiger partial charge in [-0.3, -0.25) is 9.59 Å². The van der Waals surface area contributed by atoms with Crippen LogP contribution in [0, 0.1) is 5.82 Å². The number of halogens is 4. The zero-order chi connectivity index (χ0) is 19.3. The third-order valence-electron chi connectivity index (χ3n) is 3.65. The van der Waals surface area contributed by atoms with Crippen molar-refractivity contribution >= 4 is 11.9 Å².